The summed E-state index contributed by atoms with van der Waals surface area (Å²) in [4.78, 5) is 17.8. The van der Waals surface area contributed by atoms with Crippen LogP contribution in [0.15, 0.2) is 23.2 Å². The largest absolute Gasteiger partial charge is 0.365 e. The number of benzene rings is 1. The Bertz CT molecular complexity index is 896. The van der Waals surface area contributed by atoms with Gasteiger partial charge in [-0.05, 0) is 25.0 Å². The highest BCUT2D eigenvalue weighted by Gasteiger charge is 2.29. The Morgan fingerprint density at radius 1 is 1.19 bits per heavy atom. The fraction of sp³-hybridized carbons (Fsp3) is 0.579. The Labute approximate surface area is 198 Å². The van der Waals surface area contributed by atoms with Gasteiger partial charge in [0.2, 0.25) is 5.91 Å². The molecule has 2 unspecified atom stereocenters. The first kappa shape index (κ1) is 25.6. The van der Waals surface area contributed by atoms with E-state index in [1.807, 2.05) is 0 Å². The number of carbonyl (C=O) groups is 1. The molecule has 2 heterocycles. The van der Waals surface area contributed by atoms with Crippen molar-refractivity contribution in [3.63, 3.8) is 0 Å². The minimum Gasteiger partial charge on any atom is -0.365 e. The van der Waals surface area contributed by atoms with E-state index in [9.17, 15) is 22.0 Å². The lowest BCUT2D eigenvalue weighted by Crippen LogP contribution is -2.46. The van der Waals surface area contributed by atoms with Crippen LogP contribution in [0.5, 0.6) is 0 Å². The van der Waals surface area contributed by atoms with Crippen LogP contribution >= 0.6 is 24.0 Å². The van der Waals surface area contributed by atoms with Gasteiger partial charge in [-0.25, -0.2) is 17.2 Å². The van der Waals surface area contributed by atoms with E-state index >= 15 is 0 Å². The number of guanidine groups is 1. The van der Waals surface area contributed by atoms with Gasteiger partial charge in [-0.3, -0.25) is 9.79 Å². The molecule has 2 atom stereocenters. The van der Waals surface area contributed by atoms with Gasteiger partial charge in [0.1, 0.15) is 17.3 Å². The van der Waals surface area contributed by atoms with Gasteiger partial charge in [0.15, 0.2) is 15.8 Å². The minimum atomic E-state index is -3.03. The SMILES string of the molecule is CN=C(NCCC(=O)NC1CCS(=O)(=O)C1)NC1CCN(c2c(F)cccc2F)C1.I. The number of sulfone groups is 1. The molecule has 0 saturated carbocycles. The second kappa shape index (κ2) is 11.2. The van der Waals surface area contributed by atoms with Gasteiger partial charge >= 0.3 is 0 Å². The van der Waals surface area contributed by atoms with E-state index in [1.54, 1.807) is 11.9 Å². The molecule has 1 aromatic rings. The Kier molecular flexibility index (Phi) is 9.28. The van der Waals surface area contributed by atoms with Crippen LogP contribution in [-0.2, 0) is 14.6 Å². The van der Waals surface area contributed by atoms with Gasteiger partial charge in [0.05, 0.1) is 11.5 Å². The van der Waals surface area contributed by atoms with Gasteiger partial charge < -0.3 is 20.9 Å². The molecule has 0 radical (unpaired) electrons. The van der Waals surface area contributed by atoms with Crippen molar-refractivity contribution in [1.82, 2.24) is 16.0 Å². The standard InChI is InChI=1S/C19H27F2N5O3S.HI/c1-22-19(23-8-5-17(27)24-14-7-10-30(28,29)12-14)25-13-6-9-26(11-13)18-15(20)3-2-4-16(18)21;/h2-4,13-14H,5-12H2,1H3,(H,24,27)(H2,22,23,25);1H. The van der Waals surface area contributed by atoms with Crippen LogP contribution in [0.25, 0.3) is 0 Å². The molecule has 2 saturated heterocycles. The molecule has 8 nitrogen and oxygen atoms in total. The third kappa shape index (κ3) is 7.16. The third-order valence-electron chi connectivity index (χ3n) is 5.25. The third-order valence-corrected chi connectivity index (χ3v) is 7.02. The molecule has 3 N–H and O–H groups in total. The summed E-state index contributed by atoms with van der Waals surface area (Å²) in [5.41, 5.74) is -0.0182. The normalized spacial score (nSPS) is 22.7. The molecule has 1 aromatic carbocycles. The Balaban J connectivity index is 0.00000341. The van der Waals surface area contributed by atoms with E-state index in [4.69, 9.17) is 0 Å². The van der Waals surface area contributed by atoms with E-state index in [2.05, 4.69) is 20.9 Å². The van der Waals surface area contributed by atoms with E-state index in [1.165, 1.54) is 18.2 Å². The summed E-state index contributed by atoms with van der Waals surface area (Å²) in [6.45, 7) is 1.26. The molecule has 0 aromatic heterocycles. The first-order valence-corrected chi connectivity index (χ1v) is 11.8. The number of para-hydroxylation sites is 1. The van der Waals surface area contributed by atoms with Crippen molar-refractivity contribution in [2.75, 3.05) is 43.1 Å². The number of aliphatic imine (C=N–C) groups is 1. The average Bonchev–Trinajstić information content (AvgIpc) is 3.26. The molecule has 12 heteroatoms. The summed E-state index contributed by atoms with van der Waals surface area (Å²) in [6, 6.07) is 3.46. The molecule has 2 aliphatic heterocycles. The van der Waals surface area contributed by atoms with Crippen LogP contribution < -0.4 is 20.9 Å². The number of hydrogen-bond donors (Lipinski definition) is 3. The highest BCUT2D eigenvalue weighted by atomic mass is 127. The van der Waals surface area contributed by atoms with Gasteiger partial charge in [-0.15, -0.1) is 24.0 Å². The number of anilines is 1. The molecule has 2 aliphatic rings. The summed E-state index contributed by atoms with van der Waals surface area (Å²) in [5.74, 6) is -0.786. The first-order chi connectivity index (χ1) is 14.3. The highest BCUT2D eigenvalue weighted by Crippen LogP contribution is 2.26. The van der Waals surface area contributed by atoms with Crippen LogP contribution in [0.3, 0.4) is 0 Å². The van der Waals surface area contributed by atoms with Crippen LogP contribution in [0.2, 0.25) is 0 Å². The summed E-state index contributed by atoms with van der Waals surface area (Å²) in [6.07, 6.45) is 1.31. The second-order valence-corrected chi connectivity index (χ2v) is 9.79. The van der Waals surface area contributed by atoms with Crippen LogP contribution in [-0.4, -0.2) is 70.6 Å². The van der Waals surface area contributed by atoms with Crippen molar-refractivity contribution in [2.24, 2.45) is 4.99 Å². The molecule has 3 rings (SSSR count). The monoisotopic (exact) mass is 571 g/mol. The highest BCUT2D eigenvalue weighted by molar-refractivity contribution is 14.0. The molecule has 31 heavy (non-hydrogen) atoms. The van der Waals surface area contributed by atoms with Gasteiger partial charge in [-0.2, -0.15) is 0 Å². The molecular formula is C19H28F2IN5O3S. The van der Waals surface area contributed by atoms with E-state index in [-0.39, 0.29) is 65.6 Å². The zero-order valence-electron chi connectivity index (χ0n) is 17.2. The maximum atomic E-state index is 14.0. The zero-order chi connectivity index (χ0) is 21.7. The van der Waals surface area contributed by atoms with Crippen molar-refractivity contribution < 1.29 is 22.0 Å². The van der Waals surface area contributed by atoms with Gasteiger partial charge in [-0.1, -0.05) is 6.07 Å². The summed E-state index contributed by atoms with van der Waals surface area (Å²) in [5, 5.41) is 8.98. The summed E-state index contributed by atoms with van der Waals surface area (Å²) in [7, 11) is -1.43. The Morgan fingerprint density at radius 3 is 2.52 bits per heavy atom. The van der Waals surface area contributed by atoms with Crippen LogP contribution in [0, 0.1) is 11.6 Å². The lowest BCUT2D eigenvalue weighted by molar-refractivity contribution is -0.121. The quantitative estimate of drug-likeness (QED) is 0.268. The molecule has 174 valence electrons. The van der Waals surface area contributed by atoms with Crippen molar-refractivity contribution in [2.45, 2.75) is 31.3 Å². The number of nitrogens with one attached hydrogen (secondary N) is 3. The first-order valence-electron chi connectivity index (χ1n) is 9.93. The zero-order valence-corrected chi connectivity index (χ0v) is 20.4. The lowest BCUT2D eigenvalue weighted by Gasteiger charge is -2.21. The lowest BCUT2D eigenvalue weighted by atomic mass is 10.2. The molecule has 0 bridgehead atoms. The molecule has 0 spiro atoms. The molecule has 1 amide bonds. The number of amides is 1. The van der Waals surface area contributed by atoms with Crippen LogP contribution in [0.1, 0.15) is 19.3 Å². The van der Waals surface area contributed by atoms with Crippen molar-refractivity contribution in [3.8, 4) is 0 Å². The second-order valence-electron chi connectivity index (χ2n) is 7.56. The number of carbonyl (C=O) groups excluding carboxylic acids is 1. The van der Waals surface area contributed by atoms with Crippen molar-refractivity contribution in [3.05, 3.63) is 29.8 Å². The van der Waals surface area contributed by atoms with Crippen molar-refractivity contribution >= 4 is 51.4 Å². The maximum Gasteiger partial charge on any atom is 0.222 e. The number of halogens is 3. The fourth-order valence-electron chi connectivity index (χ4n) is 3.76. The van der Waals surface area contributed by atoms with E-state index in [0.29, 0.717) is 38.4 Å². The molecular weight excluding hydrogens is 543 g/mol. The van der Waals surface area contributed by atoms with Gasteiger partial charge in [0, 0.05) is 45.2 Å². The number of rotatable bonds is 6. The van der Waals surface area contributed by atoms with E-state index < -0.39 is 21.5 Å². The molecule has 2 fully saturated rings. The smallest absolute Gasteiger partial charge is 0.222 e. The predicted octanol–water partition coefficient (Wildman–Crippen LogP) is 1.02. The van der Waals surface area contributed by atoms with Crippen LogP contribution in [0.4, 0.5) is 14.5 Å². The summed E-state index contributed by atoms with van der Waals surface area (Å²) < 4.78 is 50.9. The van der Waals surface area contributed by atoms with E-state index in [0.717, 1.165) is 0 Å². The van der Waals surface area contributed by atoms with Gasteiger partial charge in [0.25, 0.3) is 0 Å². The molecule has 0 aliphatic carbocycles. The predicted molar refractivity (Wildman–Crippen MR) is 127 cm³/mol. The fourth-order valence-corrected chi connectivity index (χ4v) is 5.44. The van der Waals surface area contributed by atoms with Crippen molar-refractivity contribution in [1.29, 1.82) is 0 Å². The maximum absolute atomic E-state index is 14.0. The summed E-state index contributed by atoms with van der Waals surface area (Å²) >= 11 is 0. The Morgan fingerprint density at radius 2 is 1.90 bits per heavy atom. The number of nitrogens with zero attached hydrogens (tertiary/aromatic N) is 2. The average molecular weight is 571 g/mol. The minimum absolute atomic E-state index is 0. The Hall–Kier alpha value is -1.70. The topological polar surface area (TPSA) is 103 Å². The number of hydrogen-bond acceptors (Lipinski definition) is 5.